The Balaban J connectivity index is 1.70. The molecule has 0 N–H and O–H groups in total. The Morgan fingerprint density at radius 2 is 2.11 bits per heavy atom. The summed E-state index contributed by atoms with van der Waals surface area (Å²) in [6, 6.07) is 6.46. The molecule has 0 saturated heterocycles. The summed E-state index contributed by atoms with van der Waals surface area (Å²) in [4.78, 5) is 6.86. The van der Waals surface area contributed by atoms with Gasteiger partial charge in [0.15, 0.2) is 0 Å². The lowest BCUT2D eigenvalue weighted by molar-refractivity contribution is 0.276. The van der Waals surface area contributed by atoms with Gasteiger partial charge in [0, 0.05) is 25.0 Å². The van der Waals surface area contributed by atoms with Gasteiger partial charge in [0.25, 0.3) is 0 Å². The number of rotatable bonds is 3. The summed E-state index contributed by atoms with van der Waals surface area (Å²) < 4.78 is 5.31. The van der Waals surface area contributed by atoms with Gasteiger partial charge >= 0.3 is 0 Å². The maximum atomic E-state index is 5.31. The predicted molar refractivity (Wildman–Crippen MR) is 77.8 cm³/mol. The minimum Gasteiger partial charge on any atom is -0.497 e. The summed E-state index contributed by atoms with van der Waals surface area (Å²) in [5, 5.41) is 2.14. The number of hydrogen-bond acceptors (Lipinski definition) is 4. The van der Waals surface area contributed by atoms with Gasteiger partial charge in [0.1, 0.15) is 5.75 Å². The smallest absolute Gasteiger partial charge is 0.119 e. The Bertz CT molecular complexity index is 539. The highest BCUT2D eigenvalue weighted by Gasteiger charge is 2.15. The molecule has 2 aromatic rings. The highest BCUT2D eigenvalue weighted by atomic mass is 32.1. The molecular formula is C15H18N2OS. The van der Waals surface area contributed by atoms with E-state index < -0.39 is 0 Å². The van der Waals surface area contributed by atoms with Crippen LogP contribution < -0.4 is 4.74 Å². The molecule has 1 aromatic heterocycles. The van der Waals surface area contributed by atoms with Gasteiger partial charge in [-0.15, -0.1) is 11.3 Å². The van der Waals surface area contributed by atoms with Crippen LogP contribution in [0, 0.1) is 0 Å². The first-order chi connectivity index (χ1) is 9.35. The van der Waals surface area contributed by atoms with Crippen LogP contribution in [0.1, 0.15) is 16.8 Å². The predicted octanol–water partition coefficient (Wildman–Crippen LogP) is 2.75. The number of aromatic nitrogens is 1. The lowest BCUT2D eigenvalue weighted by Crippen LogP contribution is -2.26. The molecule has 1 aliphatic heterocycles. The fraction of sp³-hybridized carbons (Fsp3) is 0.400. The van der Waals surface area contributed by atoms with E-state index in [1.807, 2.05) is 5.51 Å². The van der Waals surface area contributed by atoms with Crippen LogP contribution >= 0.6 is 11.3 Å². The van der Waals surface area contributed by atoms with Crippen molar-refractivity contribution in [2.45, 2.75) is 19.4 Å². The Labute approximate surface area is 117 Å². The summed E-state index contributed by atoms with van der Waals surface area (Å²) >= 11 is 1.67. The van der Waals surface area contributed by atoms with Crippen LogP contribution in [0.4, 0.5) is 0 Å². The summed E-state index contributed by atoms with van der Waals surface area (Å²) in [7, 11) is 1.73. The van der Waals surface area contributed by atoms with Gasteiger partial charge < -0.3 is 4.74 Å². The van der Waals surface area contributed by atoms with Crippen molar-refractivity contribution in [3.8, 4) is 5.75 Å². The quantitative estimate of drug-likeness (QED) is 0.860. The first kappa shape index (κ1) is 12.6. The molecule has 0 fully saturated rings. The summed E-state index contributed by atoms with van der Waals surface area (Å²) in [6.07, 6.45) is 2.21. The van der Waals surface area contributed by atoms with Gasteiger partial charge in [0.2, 0.25) is 0 Å². The molecule has 0 atom stereocenters. The van der Waals surface area contributed by atoms with E-state index in [4.69, 9.17) is 4.74 Å². The number of thiazole rings is 1. The van der Waals surface area contributed by atoms with Gasteiger partial charge in [-0.05, 0) is 36.1 Å². The molecule has 1 aliphatic rings. The van der Waals surface area contributed by atoms with Crippen LogP contribution in [0.25, 0.3) is 0 Å². The zero-order valence-electron chi connectivity index (χ0n) is 11.1. The second-order valence-corrected chi connectivity index (χ2v) is 5.61. The van der Waals surface area contributed by atoms with E-state index in [2.05, 4.69) is 33.5 Å². The van der Waals surface area contributed by atoms with Crippen molar-refractivity contribution in [2.75, 3.05) is 20.2 Å². The standard InChI is InChI=1S/C15H18N2OS/c1-18-15-3-2-12-4-6-17(7-5-13(12)8-15)9-14-10-19-11-16-14/h2-3,8,10-11H,4-7,9H2,1H3. The van der Waals surface area contributed by atoms with Crippen LogP contribution in [-0.4, -0.2) is 30.1 Å². The average Bonchev–Trinajstić information content (AvgIpc) is 2.87. The number of methoxy groups -OCH3 is 1. The number of fused-ring (bicyclic) bond motifs is 1. The molecule has 1 aromatic carbocycles. The Morgan fingerprint density at radius 1 is 1.26 bits per heavy atom. The van der Waals surface area contributed by atoms with Gasteiger partial charge in [0.05, 0.1) is 18.3 Å². The highest BCUT2D eigenvalue weighted by Crippen LogP contribution is 2.22. The van der Waals surface area contributed by atoms with Crippen molar-refractivity contribution in [3.63, 3.8) is 0 Å². The Morgan fingerprint density at radius 3 is 2.84 bits per heavy atom. The third kappa shape index (κ3) is 2.96. The Hall–Kier alpha value is -1.39. The van der Waals surface area contributed by atoms with E-state index in [0.717, 1.165) is 38.2 Å². The molecule has 0 aliphatic carbocycles. The normalized spacial score (nSPS) is 15.8. The molecule has 0 bridgehead atoms. The molecule has 0 amide bonds. The molecule has 0 unspecified atom stereocenters. The van der Waals surface area contributed by atoms with Gasteiger partial charge in [-0.3, -0.25) is 4.90 Å². The molecule has 19 heavy (non-hydrogen) atoms. The SMILES string of the molecule is COc1ccc2c(c1)CCN(Cc1cscn1)CC2. The van der Waals surface area contributed by atoms with Gasteiger partial charge in [-0.2, -0.15) is 0 Å². The fourth-order valence-corrected chi connectivity index (χ4v) is 3.13. The molecule has 2 heterocycles. The van der Waals surface area contributed by atoms with E-state index in [9.17, 15) is 0 Å². The number of benzene rings is 1. The van der Waals surface area contributed by atoms with Crippen molar-refractivity contribution in [1.82, 2.24) is 9.88 Å². The van der Waals surface area contributed by atoms with E-state index in [0.29, 0.717) is 0 Å². The monoisotopic (exact) mass is 274 g/mol. The average molecular weight is 274 g/mol. The van der Waals surface area contributed by atoms with Crippen molar-refractivity contribution >= 4 is 11.3 Å². The number of nitrogens with zero attached hydrogens (tertiary/aromatic N) is 2. The third-order valence-electron chi connectivity index (χ3n) is 3.68. The minimum atomic E-state index is 0.965. The summed E-state index contributed by atoms with van der Waals surface area (Å²) in [5.41, 5.74) is 5.99. The molecule has 4 heteroatoms. The molecule has 0 saturated carbocycles. The lowest BCUT2D eigenvalue weighted by atomic mass is 10.0. The topological polar surface area (TPSA) is 25.4 Å². The third-order valence-corrected chi connectivity index (χ3v) is 4.31. The van der Waals surface area contributed by atoms with Crippen molar-refractivity contribution < 1.29 is 4.74 Å². The number of ether oxygens (including phenoxy) is 1. The second-order valence-electron chi connectivity index (χ2n) is 4.89. The second kappa shape index (κ2) is 5.72. The minimum absolute atomic E-state index is 0.965. The zero-order valence-corrected chi connectivity index (χ0v) is 11.9. The van der Waals surface area contributed by atoms with Gasteiger partial charge in [-0.1, -0.05) is 6.07 Å². The molecule has 0 spiro atoms. The summed E-state index contributed by atoms with van der Waals surface area (Å²) in [6.45, 7) is 3.17. The van der Waals surface area contributed by atoms with Crippen LogP contribution in [0.5, 0.6) is 5.75 Å². The maximum Gasteiger partial charge on any atom is 0.119 e. The van der Waals surface area contributed by atoms with E-state index >= 15 is 0 Å². The largest absolute Gasteiger partial charge is 0.497 e. The van der Waals surface area contributed by atoms with E-state index in [1.54, 1.807) is 18.4 Å². The van der Waals surface area contributed by atoms with Crippen molar-refractivity contribution in [1.29, 1.82) is 0 Å². The summed E-state index contributed by atoms with van der Waals surface area (Å²) in [5.74, 6) is 0.965. The van der Waals surface area contributed by atoms with Crippen LogP contribution in [-0.2, 0) is 19.4 Å². The lowest BCUT2D eigenvalue weighted by Gasteiger charge is -2.18. The van der Waals surface area contributed by atoms with Crippen LogP contribution in [0.3, 0.4) is 0 Å². The van der Waals surface area contributed by atoms with Crippen molar-refractivity contribution in [2.24, 2.45) is 0 Å². The van der Waals surface area contributed by atoms with E-state index in [1.165, 1.54) is 16.8 Å². The molecule has 3 nitrogen and oxygen atoms in total. The van der Waals surface area contributed by atoms with E-state index in [-0.39, 0.29) is 0 Å². The molecular weight excluding hydrogens is 256 g/mol. The van der Waals surface area contributed by atoms with Crippen molar-refractivity contribution in [3.05, 3.63) is 45.9 Å². The zero-order chi connectivity index (χ0) is 13.1. The van der Waals surface area contributed by atoms with Gasteiger partial charge in [-0.25, -0.2) is 4.98 Å². The maximum absolute atomic E-state index is 5.31. The Kier molecular flexibility index (Phi) is 3.80. The first-order valence-corrected chi connectivity index (χ1v) is 7.54. The number of hydrogen-bond donors (Lipinski definition) is 0. The molecule has 3 rings (SSSR count). The van der Waals surface area contributed by atoms with Crippen LogP contribution in [0.15, 0.2) is 29.1 Å². The first-order valence-electron chi connectivity index (χ1n) is 6.60. The fourth-order valence-electron chi connectivity index (χ4n) is 2.58. The van der Waals surface area contributed by atoms with Crippen LogP contribution in [0.2, 0.25) is 0 Å². The molecule has 100 valence electrons. The molecule has 0 radical (unpaired) electrons. The highest BCUT2D eigenvalue weighted by molar-refractivity contribution is 7.07.